The normalized spacial score (nSPS) is 22.7. The van der Waals surface area contributed by atoms with Crippen LogP contribution in [0.15, 0.2) is 30.6 Å². The van der Waals surface area contributed by atoms with E-state index in [1.807, 2.05) is 12.1 Å². The molecule has 3 rings (SSSR count). The SMILES string of the molecule is Clc1ccc(C2(Cc3ncc[nH]3)CO2)c(Cl)c1. The number of imidazole rings is 1. The third-order valence-corrected chi connectivity index (χ3v) is 3.47. The number of H-pyrrole nitrogens is 1. The minimum Gasteiger partial charge on any atom is -0.364 e. The predicted molar refractivity (Wildman–Crippen MR) is 66.4 cm³/mol. The van der Waals surface area contributed by atoms with Crippen LogP contribution < -0.4 is 0 Å². The number of aromatic nitrogens is 2. The van der Waals surface area contributed by atoms with Crippen LogP contribution in [0.2, 0.25) is 10.0 Å². The number of hydrogen-bond acceptors (Lipinski definition) is 2. The zero-order valence-corrected chi connectivity index (χ0v) is 10.4. The summed E-state index contributed by atoms with van der Waals surface area (Å²) in [4.78, 5) is 7.28. The Kier molecular flexibility index (Phi) is 2.62. The molecule has 0 amide bonds. The van der Waals surface area contributed by atoms with Crippen molar-refractivity contribution in [2.24, 2.45) is 0 Å². The number of nitrogens with one attached hydrogen (secondary N) is 1. The second-order valence-electron chi connectivity index (χ2n) is 4.12. The molecule has 1 aliphatic rings. The van der Waals surface area contributed by atoms with Crippen LogP contribution in [0.25, 0.3) is 0 Å². The van der Waals surface area contributed by atoms with Gasteiger partial charge in [0.15, 0.2) is 0 Å². The topological polar surface area (TPSA) is 41.2 Å². The molecule has 1 atom stereocenters. The molecule has 0 aliphatic carbocycles. The van der Waals surface area contributed by atoms with Crippen LogP contribution in [-0.4, -0.2) is 16.6 Å². The lowest BCUT2D eigenvalue weighted by atomic mass is 9.96. The van der Waals surface area contributed by atoms with Crippen LogP contribution in [0.4, 0.5) is 0 Å². The van der Waals surface area contributed by atoms with Gasteiger partial charge >= 0.3 is 0 Å². The van der Waals surface area contributed by atoms with Crippen LogP contribution in [0.1, 0.15) is 11.4 Å². The fourth-order valence-corrected chi connectivity index (χ4v) is 2.54. The summed E-state index contributed by atoms with van der Waals surface area (Å²) < 4.78 is 5.59. The molecule has 0 saturated carbocycles. The number of aromatic amines is 1. The maximum atomic E-state index is 6.20. The van der Waals surface area contributed by atoms with Crippen LogP contribution in [-0.2, 0) is 16.8 Å². The van der Waals surface area contributed by atoms with Gasteiger partial charge in [0.1, 0.15) is 11.4 Å². The third-order valence-electron chi connectivity index (χ3n) is 2.92. The first-order valence-corrected chi connectivity index (χ1v) is 6.03. The average Bonchev–Trinajstić information content (AvgIpc) is 2.86. The lowest BCUT2D eigenvalue weighted by Gasteiger charge is -2.12. The fraction of sp³-hybridized carbons (Fsp3) is 0.250. The van der Waals surface area contributed by atoms with Gasteiger partial charge in [-0.1, -0.05) is 29.3 Å². The number of nitrogens with zero attached hydrogens (tertiary/aromatic N) is 1. The Hall–Kier alpha value is -1.03. The Balaban J connectivity index is 1.92. The van der Waals surface area contributed by atoms with E-state index >= 15 is 0 Å². The van der Waals surface area contributed by atoms with Crippen LogP contribution in [0.5, 0.6) is 0 Å². The van der Waals surface area contributed by atoms with E-state index in [2.05, 4.69) is 9.97 Å². The monoisotopic (exact) mass is 268 g/mol. The number of hydrogen-bond donors (Lipinski definition) is 1. The molecule has 5 heteroatoms. The quantitative estimate of drug-likeness (QED) is 0.869. The summed E-state index contributed by atoms with van der Waals surface area (Å²) in [7, 11) is 0. The van der Waals surface area contributed by atoms with Gasteiger partial charge in [-0.3, -0.25) is 0 Å². The standard InChI is InChI=1S/C12H10Cl2N2O/c13-8-1-2-9(10(14)5-8)12(7-17-12)6-11-15-3-4-16-11/h1-5H,6-7H2,(H,15,16). The van der Waals surface area contributed by atoms with Gasteiger partial charge in [-0.05, 0) is 12.1 Å². The van der Waals surface area contributed by atoms with Crippen LogP contribution in [0.3, 0.4) is 0 Å². The van der Waals surface area contributed by atoms with Crippen molar-refractivity contribution in [1.82, 2.24) is 9.97 Å². The minimum atomic E-state index is -0.334. The number of benzene rings is 1. The summed E-state index contributed by atoms with van der Waals surface area (Å²) in [5.74, 6) is 0.897. The summed E-state index contributed by atoms with van der Waals surface area (Å²) in [5.41, 5.74) is 0.638. The van der Waals surface area contributed by atoms with Gasteiger partial charge in [0, 0.05) is 34.4 Å². The highest BCUT2D eigenvalue weighted by Gasteiger charge is 2.48. The highest BCUT2D eigenvalue weighted by molar-refractivity contribution is 6.35. The molecule has 1 fully saturated rings. The Labute approximate surface area is 109 Å². The lowest BCUT2D eigenvalue weighted by molar-refractivity contribution is 0.303. The van der Waals surface area contributed by atoms with Gasteiger partial charge in [0.2, 0.25) is 0 Å². The zero-order chi connectivity index (χ0) is 11.9. The molecular weight excluding hydrogens is 259 g/mol. The molecule has 2 heterocycles. The maximum Gasteiger partial charge on any atom is 0.125 e. The Bertz CT molecular complexity index is 535. The predicted octanol–water partition coefficient (Wildman–Crippen LogP) is 3.18. The van der Waals surface area contributed by atoms with Gasteiger partial charge in [0.05, 0.1) is 6.61 Å². The van der Waals surface area contributed by atoms with Gasteiger partial charge in [0.25, 0.3) is 0 Å². The molecule has 1 aliphatic heterocycles. The van der Waals surface area contributed by atoms with Crippen molar-refractivity contribution >= 4 is 23.2 Å². The molecule has 17 heavy (non-hydrogen) atoms. The van der Waals surface area contributed by atoms with Crippen molar-refractivity contribution in [2.75, 3.05) is 6.61 Å². The smallest absolute Gasteiger partial charge is 0.125 e. The van der Waals surface area contributed by atoms with E-state index in [9.17, 15) is 0 Å². The van der Waals surface area contributed by atoms with Crippen LogP contribution >= 0.6 is 23.2 Å². The Morgan fingerprint density at radius 2 is 2.24 bits per heavy atom. The Morgan fingerprint density at radius 1 is 1.41 bits per heavy atom. The van der Waals surface area contributed by atoms with Crippen molar-refractivity contribution in [1.29, 1.82) is 0 Å². The first kappa shape index (κ1) is 11.1. The highest BCUT2D eigenvalue weighted by Crippen LogP contribution is 2.44. The summed E-state index contributed by atoms with van der Waals surface area (Å²) in [6.07, 6.45) is 4.23. The molecule has 1 saturated heterocycles. The summed E-state index contributed by atoms with van der Waals surface area (Å²) in [5, 5.41) is 1.27. The first-order valence-electron chi connectivity index (χ1n) is 5.27. The number of epoxide rings is 1. The molecule has 88 valence electrons. The molecule has 0 radical (unpaired) electrons. The maximum absolute atomic E-state index is 6.20. The molecule has 1 unspecified atom stereocenters. The first-order chi connectivity index (χ1) is 8.20. The van der Waals surface area contributed by atoms with E-state index < -0.39 is 0 Å². The van der Waals surface area contributed by atoms with Gasteiger partial charge in [-0.15, -0.1) is 0 Å². The molecule has 0 bridgehead atoms. The van der Waals surface area contributed by atoms with E-state index in [1.54, 1.807) is 18.5 Å². The van der Waals surface area contributed by atoms with E-state index in [0.717, 1.165) is 11.4 Å². The zero-order valence-electron chi connectivity index (χ0n) is 8.91. The highest BCUT2D eigenvalue weighted by atomic mass is 35.5. The number of ether oxygens (including phenoxy) is 1. The van der Waals surface area contributed by atoms with E-state index in [-0.39, 0.29) is 5.60 Å². The molecule has 3 nitrogen and oxygen atoms in total. The fourth-order valence-electron chi connectivity index (χ4n) is 1.96. The summed E-state index contributed by atoms with van der Waals surface area (Å²) >= 11 is 12.1. The van der Waals surface area contributed by atoms with E-state index in [1.165, 1.54) is 0 Å². The van der Waals surface area contributed by atoms with E-state index in [0.29, 0.717) is 23.1 Å². The van der Waals surface area contributed by atoms with Crippen molar-refractivity contribution < 1.29 is 4.74 Å². The van der Waals surface area contributed by atoms with Gasteiger partial charge in [-0.2, -0.15) is 0 Å². The lowest BCUT2D eigenvalue weighted by Crippen LogP contribution is -2.14. The molecule has 1 N–H and O–H groups in total. The molecule has 0 spiro atoms. The largest absolute Gasteiger partial charge is 0.364 e. The number of halogens is 2. The Morgan fingerprint density at radius 3 is 2.82 bits per heavy atom. The molecular formula is C12H10Cl2N2O. The second-order valence-corrected chi connectivity index (χ2v) is 4.96. The summed E-state index contributed by atoms with van der Waals surface area (Å²) in [6, 6.07) is 5.49. The van der Waals surface area contributed by atoms with Crippen molar-refractivity contribution in [3.8, 4) is 0 Å². The minimum absolute atomic E-state index is 0.334. The molecule has 1 aromatic heterocycles. The second kappa shape index (κ2) is 4.02. The molecule has 1 aromatic carbocycles. The van der Waals surface area contributed by atoms with E-state index in [4.69, 9.17) is 27.9 Å². The van der Waals surface area contributed by atoms with Crippen molar-refractivity contribution in [2.45, 2.75) is 12.0 Å². The van der Waals surface area contributed by atoms with Gasteiger partial charge < -0.3 is 9.72 Å². The summed E-state index contributed by atoms with van der Waals surface area (Å²) in [6.45, 7) is 0.662. The average molecular weight is 269 g/mol. The van der Waals surface area contributed by atoms with Crippen molar-refractivity contribution in [3.05, 3.63) is 52.0 Å². The van der Waals surface area contributed by atoms with Crippen LogP contribution in [0, 0.1) is 0 Å². The van der Waals surface area contributed by atoms with Crippen molar-refractivity contribution in [3.63, 3.8) is 0 Å². The number of rotatable bonds is 3. The third kappa shape index (κ3) is 2.06. The van der Waals surface area contributed by atoms with Gasteiger partial charge in [-0.25, -0.2) is 4.98 Å². The molecule has 2 aromatic rings.